The van der Waals surface area contributed by atoms with Crippen LogP contribution in [0.3, 0.4) is 0 Å². The number of ether oxygens (including phenoxy) is 1. The van der Waals surface area contributed by atoms with Crippen molar-refractivity contribution in [3.05, 3.63) is 58.1 Å². The zero-order valence-corrected chi connectivity index (χ0v) is 12.5. The number of anilines is 1. The Morgan fingerprint density at radius 1 is 1.20 bits per heavy atom. The summed E-state index contributed by atoms with van der Waals surface area (Å²) in [5.41, 5.74) is 2.74. The second-order valence-corrected chi connectivity index (χ2v) is 5.27. The molecule has 2 nitrogen and oxygen atoms in total. The Labute approximate surface area is 124 Å². The largest absolute Gasteiger partial charge is 0.434 e. The maximum Gasteiger partial charge on any atom is 0.387 e. The number of hydrogen-bond acceptors (Lipinski definition) is 2. The zero-order chi connectivity index (χ0) is 14.5. The number of hydrogen-bond donors (Lipinski definition) is 1. The van der Waals surface area contributed by atoms with Crippen LogP contribution in [0.15, 0.2) is 46.9 Å². The molecule has 0 saturated carbocycles. The van der Waals surface area contributed by atoms with Crippen molar-refractivity contribution >= 4 is 21.6 Å². The number of rotatable bonds is 5. The Morgan fingerprint density at radius 3 is 2.70 bits per heavy atom. The highest BCUT2D eigenvalue weighted by Gasteiger charge is 2.10. The average Bonchev–Trinajstić information content (AvgIpc) is 2.39. The van der Waals surface area contributed by atoms with E-state index in [0.29, 0.717) is 12.1 Å². The summed E-state index contributed by atoms with van der Waals surface area (Å²) in [7, 11) is 0. The number of halogens is 3. The molecule has 1 N–H and O–H groups in total. The van der Waals surface area contributed by atoms with Gasteiger partial charge < -0.3 is 10.1 Å². The molecule has 0 radical (unpaired) electrons. The number of alkyl halides is 2. The molecule has 0 fully saturated rings. The van der Waals surface area contributed by atoms with Crippen molar-refractivity contribution in [2.75, 3.05) is 5.32 Å². The summed E-state index contributed by atoms with van der Waals surface area (Å²) in [5.74, 6) is 0.184. The van der Waals surface area contributed by atoms with Crippen LogP contribution in [-0.2, 0) is 6.54 Å². The van der Waals surface area contributed by atoms with E-state index in [0.717, 1.165) is 15.7 Å². The smallest absolute Gasteiger partial charge is 0.387 e. The molecule has 0 bridgehead atoms. The van der Waals surface area contributed by atoms with E-state index >= 15 is 0 Å². The first-order valence-corrected chi connectivity index (χ1v) is 6.87. The van der Waals surface area contributed by atoms with E-state index in [9.17, 15) is 8.78 Å². The van der Waals surface area contributed by atoms with Gasteiger partial charge in [0.1, 0.15) is 5.75 Å². The molecule has 0 atom stereocenters. The molecule has 2 aromatic carbocycles. The molecule has 20 heavy (non-hydrogen) atoms. The lowest BCUT2D eigenvalue weighted by molar-refractivity contribution is -0.0504. The number of nitrogens with one attached hydrogen (secondary N) is 1. The Balaban J connectivity index is 2.13. The summed E-state index contributed by atoms with van der Waals surface area (Å²) >= 11 is 3.33. The second kappa shape index (κ2) is 6.70. The van der Waals surface area contributed by atoms with Gasteiger partial charge in [0, 0.05) is 22.3 Å². The van der Waals surface area contributed by atoms with Gasteiger partial charge in [-0.15, -0.1) is 0 Å². The maximum absolute atomic E-state index is 12.4. The van der Waals surface area contributed by atoms with Crippen molar-refractivity contribution in [1.82, 2.24) is 0 Å². The van der Waals surface area contributed by atoms with E-state index in [4.69, 9.17) is 0 Å². The van der Waals surface area contributed by atoms with Crippen LogP contribution in [0, 0.1) is 6.92 Å². The molecular formula is C15H14BrF2NO. The standard InChI is InChI=1S/C15H14BrF2NO/c1-10-3-2-4-13(7-10)19-9-11-8-12(16)5-6-14(11)20-15(17)18/h2-8,15,19H,9H2,1H3. The lowest BCUT2D eigenvalue weighted by Crippen LogP contribution is -2.07. The third kappa shape index (κ3) is 4.20. The summed E-state index contributed by atoms with van der Waals surface area (Å²) < 4.78 is 30.1. The first kappa shape index (κ1) is 14.8. The van der Waals surface area contributed by atoms with E-state index in [2.05, 4.69) is 26.0 Å². The molecule has 0 aromatic heterocycles. The third-order valence-electron chi connectivity index (χ3n) is 2.74. The SMILES string of the molecule is Cc1cccc(NCc2cc(Br)ccc2OC(F)F)c1. The Bertz CT molecular complexity index is 590. The van der Waals surface area contributed by atoms with Crippen molar-refractivity contribution in [3.8, 4) is 5.75 Å². The monoisotopic (exact) mass is 341 g/mol. The molecule has 0 aliphatic carbocycles. The van der Waals surface area contributed by atoms with Gasteiger partial charge in [0.2, 0.25) is 0 Å². The topological polar surface area (TPSA) is 21.3 Å². The summed E-state index contributed by atoms with van der Waals surface area (Å²) in [5, 5.41) is 3.20. The molecule has 0 spiro atoms. The average molecular weight is 342 g/mol. The fourth-order valence-electron chi connectivity index (χ4n) is 1.85. The van der Waals surface area contributed by atoms with Gasteiger partial charge in [0.25, 0.3) is 0 Å². The van der Waals surface area contributed by atoms with E-state index in [1.165, 1.54) is 6.07 Å². The van der Waals surface area contributed by atoms with Gasteiger partial charge in [0.05, 0.1) is 0 Å². The minimum absolute atomic E-state index is 0.184. The van der Waals surface area contributed by atoms with Crippen molar-refractivity contribution in [2.24, 2.45) is 0 Å². The molecule has 106 valence electrons. The van der Waals surface area contributed by atoms with Gasteiger partial charge >= 0.3 is 6.61 Å². The number of benzene rings is 2. The van der Waals surface area contributed by atoms with Crippen LogP contribution >= 0.6 is 15.9 Å². The van der Waals surface area contributed by atoms with Gasteiger partial charge in [-0.25, -0.2) is 0 Å². The van der Waals surface area contributed by atoms with Crippen LogP contribution in [0.1, 0.15) is 11.1 Å². The van der Waals surface area contributed by atoms with Crippen molar-refractivity contribution in [2.45, 2.75) is 20.1 Å². The van der Waals surface area contributed by atoms with Crippen molar-refractivity contribution in [3.63, 3.8) is 0 Å². The van der Waals surface area contributed by atoms with Gasteiger partial charge in [-0.3, -0.25) is 0 Å². The highest BCUT2D eigenvalue weighted by molar-refractivity contribution is 9.10. The molecular weight excluding hydrogens is 328 g/mol. The summed E-state index contributed by atoms with van der Waals surface area (Å²) in [6, 6.07) is 12.8. The lowest BCUT2D eigenvalue weighted by Gasteiger charge is -2.13. The first-order valence-electron chi connectivity index (χ1n) is 6.08. The van der Waals surface area contributed by atoms with E-state index in [1.807, 2.05) is 31.2 Å². The van der Waals surface area contributed by atoms with E-state index in [-0.39, 0.29) is 5.75 Å². The fourth-order valence-corrected chi connectivity index (χ4v) is 2.26. The first-order chi connectivity index (χ1) is 9.54. The minimum atomic E-state index is -2.83. The molecule has 0 aliphatic heterocycles. The second-order valence-electron chi connectivity index (χ2n) is 4.35. The molecule has 5 heteroatoms. The summed E-state index contributed by atoms with van der Waals surface area (Å²) in [6.07, 6.45) is 0. The van der Waals surface area contributed by atoms with E-state index in [1.54, 1.807) is 12.1 Å². The highest BCUT2D eigenvalue weighted by Crippen LogP contribution is 2.25. The van der Waals surface area contributed by atoms with Crippen LogP contribution < -0.4 is 10.1 Å². The van der Waals surface area contributed by atoms with E-state index < -0.39 is 6.61 Å². The Kier molecular flexibility index (Phi) is 4.95. The Morgan fingerprint density at radius 2 is 2.00 bits per heavy atom. The highest BCUT2D eigenvalue weighted by atomic mass is 79.9. The van der Waals surface area contributed by atoms with Crippen molar-refractivity contribution in [1.29, 1.82) is 0 Å². The third-order valence-corrected chi connectivity index (χ3v) is 3.23. The molecule has 0 aliphatic rings. The van der Waals surface area contributed by atoms with Crippen LogP contribution in [0.5, 0.6) is 5.75 Å². The van der Waals surface area contributed by atoms with Crippen molar-refractivity contribution < 1.29 is 13.5 Å². The molecule has 0 unspecified atom stereocenters. The van der Waals surface area contributed by atoms with Crippen LogP contribution in [0.4, 0.5) is 14.5 Å². The van der Waals surface area contributed by atoms with Gasteiger partial charge in [-0.2, -0.15) is 8.78 Å². The van der Waals surface area contributed by atoms with Crippen LogP contribution in [0.2, 0.25) is 0 Å². The molecule has 2 aromatic rings. The molecule has 0 heterocycles. The predicted molar refractivity (Wildman–Crippen MR) is 79.3 cm³/mol. The van der Waals surface area contributed by atoms with Crippen LogP contribution in [0.25, 0.3) is 0 Å². The zero-order valence-electron chi connectivity index (χ0n) is 10.9. The molecule has 2 rings (SSSR count). The van der Waals surface area contributed by atoms with Crippen LogP contribution in [-0.4, -0.2) is 6.61 Å². The van der Waals surface area contributed by atoms with Gasteiger partial charge in [0.15, 0.2) is 0 Å². The maximum atomic E-state index is 12.4. The fraction of sp³-hybridized carbons (Fsp3) is 0.200. The Hall–Kier alpha value is -1.62. The molecule has 0 saturated heterocycles. The van der Waals surface area contributed by atoms with Gasteiger partial charge in [-0.1, -0.05) is 28.1 Å². The summed E-state index contributed by atoms with van der Waals surface area (Å²) in [6.45, 7) is -0.422. The minimum Gasteiger partial charge on any atom is -0.434 e. The summed E-state index contributed by atoms with van der Waals surface area (Å²) in [4.78, 5) is 0. The predicted octanol–water partition coefficient (Wildman–Crippen LogP) is 4.97. The van der Waals surface area contributed by atoms with Gasteiger partial charge in [-0.05, 0) is 42.8 Å². The number of aryl methyl sites for hydroxylation is 1. The quantitative estimate of drug-likeness (QED) is 0.828. The lowest BCUT2D eigenvalue weighted by atomic mass is 10.2. The molecule has 0 amide bonds. The normalized spacial score (nSPS) is 10.7.